The Hall–Kier alpha value is -2.62. The molecule has 2 amide bonds. The Balaban J connectivity index is 1.48. The smallest absolute Gasteiger partial charge is 0.239 e. The van der Waals surface area contributed by atoms with Gasteiger partial charge in [0.1, 0.15) is 0 Å². The van der Waals surface area contributed by atoms with Crippen molar-refractivity contribution in [1.29, 1.82) is 0 Å². The lowest BCUT2D eigenvalue weighted by molar-refractivity contribution is -0.125. The largest absolute Gasteiger partial charge is 0.354 e. The van der Waals surface area contributed by atoms with Gasteiger partial charge in [-0.2, -0.15) is 0 Å². The molecule has 1 aliphatic rings. The van der Waals surface area contributed by atoms with E-state index in [4.69, 9.17) is 0 Å². The monoisotopic (exact) mass is 350 g/mol. The van der Waals surface area contributed by atoms with E-state index >= 15 is 0 Å². The summed E-state index contributed by atoms with van der Waals surface area (Å²) >= 11 is 0. The fourth-order valence-electron chi connectivity index (χ4n) is 3.76. The van der Waals surface area contributed by atoms with Crippen molar-refractivity contribution in [3.8, 4) is 0 Å². The van der Waals surface area contributed by atoms with Gasteiger partial charge in [-0.1, -0.05) is 73.5 Å². The van der Waals surface area contributed by atoms with E-state index in [1.165, 1.54) is 18.4 Å². The van der Waals surface area contributed by atoms with Crippen LogP contribution in [0.3, 0.4) is 0 Å². The van der Waals surface area contributed by atoms with E-state index in [0.717, 1.165) is 18.4 Å². The molecule has 1 fully saturated rings. The lowest BCUT2D eigenvalue weighted by Crippen LogP contribution is -2.43. The maximum absolute atomic E-state index is 12.2. The number of carbonyl (C=O) groups is 2. The first kappa shape index (κ1) is 18.2. The molecule has 0 atom stereocenters. The highest BCUT2D eigenvalue weighted by Gasteiger charge is 2.35. The molecule has 2 aromatic carbocycles. The molecule has 0 heterocycles. The highest BCUT2D eigenvalue weighted by Crippen LogP contribution is 2.40. The molecular weight excluding hydrogens is 324 g/mol. The quantitative estimate of drug-likeness (QED) is 0.806. The number of hydrogen-bond acceptors (Lipinski definition) is 2. The van der Waals surface area contributed by atoms with Crippen LogP contribution in [0.5, 0.6) is 0 Å². The number of carbonyl (C=O) groups excluding carboxylic acids is 2. The van der Waals surface area contributed by atoms with E-state index in [9.17, 15) is 9.59 Å². The summed E-state index contributed by atoms with van der Waals surface area (Å²) in [7, 11) is 0. The van der Waals surface area contributed by atoms with Crippen LogP contribution >= 0.6 is 0 Å². The summed E-state index contributed by atoms with van der Waals surface area (Å²) in [6.45, 7) is 0.654. The predicted octanol–water partition coefficient (Wildman–Crippen LogP) is 2.97. The third-order valence-electron chi connectivity index (χ3n) is 5.22. The van der Waals surface area contributed by atoms with Crippen LogP contribution in [0, 0.1) is 0 Å². The predicted molar refractivity (Wildman–Crippen MR) is 103 cm³/mol. The summed E-state index contributed by atoms with van der Waals surface area (Å²) in [5.74, 6) is -0.265. The third-order valence-corrected chi connectivity index (χ3v) is 5.22. The molecule has 0 saturated heterocycles. The summed E-state index contributed by atoms with van der Waals surface area (Å²) < 4.78 is 0. The standard InChI is InChI=1S/C22H26N2O2/c25-20(15-18-9-3-1-4-10-18)23-16-21(26)24-17-22(13-7-8-14-22)19-11-5-2-6-12-19/h1-6,9-12H,7-8,13-17H2,(H,23,25)(H,24,26). The second kappa shape index (κ2) is 8.65. The SMILES string of the molecule is O=C(CNC(=O)Cc1ccccc1)NCC1(c2ccccc2)CCCC1. The van der Waals surface area contributed by atoms with Crippen LogP contribution in [-0.2, 0) is 21.4 Å². The molecule has 26 heavy (non-hydrogen) atoms. The molecule has 3 rings (SSSR count). The van der Waals surface area contributed by atoms with Crippen molar-refractivity contribution in [2.24, 2.45) is 0 Å². The average Bonchev–Trinajstić information content (AvgIpc) is 3.16. The number of amides is 2. The van der Waals surface area contributed by atoms with Crippen molar-refractivity contribution in [2.45, 2.75) is 37.5 Å². The van der Waals surface area contributed by atoms with Crippen LogP contribution in [0.25, 0.3) is 0 Å². The normalized spacial score (nSPS) is 15.4. The molecule has 0 unspecified atom stereocenters. The first-order valence-electron chi connectivity index (χ1n) is 9.31. The maximum Gasteiger partial charge on any atom is 0.239 e. The van der Waals surface area contributed by atoms with Crippen molar-refractivity contribution < 1.29 is 9.59 Å². The molecule has 2 N–H and O–H groups in total. The molecule has 0 radical (unpaired) electrons. The molecular formula is C22H26N2O2. The van der Waals surface area contributed by atoms with Gasteiger partial charge >= 0.3 is 0 Å². The van der Waals surface area contributed by atoms with Crippen molar-refractivity contribution >= 4 is 11.8 Å². The molecule has 1 aliphatic carbocycles. The summed E-state index contributed by atoms with van der Waals surface area (Å²) in [5.41, 5.74) is 2.27. The van der Waals surface area contributed by atoms with Gasteiger partial charge in [0, 0.05) is 12.0 Å². The Morgan fingerprint density at radius 1 is 0.808 bits per heavy atom. The Labute approximate surface area is 155 Å². The number of nitrogens with one attached hydrogen (secondary N) is 2. The van der Waals surface area contributed by atoms with Gasteiger partial charge in [-0.25, -0.2) is 0 Å². The van der Waals surface area contributed by atoms with Crippen molar-refractivity contribution in [1.82, 2.24) is 10.6 Å². The van der Waals surface area contributed by atoms with Crippen LogP contribution in [-0.4, -0.2) is 24.9 Å². The van der Waals surface area contributed by atoms with Crippen LogP contribution in [0.4, 0.5) is 0 Å². The zero-order valence-electron chi connectivity index (χ0n) is 15.0. The lowest BCUT2D eigenvalue weighted by Gasteiger charge is -2.30. The Morgan fingerprint density at radius 2 is 1.42 bits per heavy atom. The van der Waals surface area contributed by atoms with Gasteiger partial charge in [0.15, 0.2) is 0 Å². The van der Waals surface area contributed by atoms with E-state index in [1.807, 2.05) is 36.4 Å². The van der Waals surface area contributed by atoms with Crippen LogP contribution in [0.1, 0.15) is 36.8 Å². The number of hydrogen-bond donors (Lipinski definition) is 2. The molecule has 0 aromatic heterocycles. The highest BCUT2D eigenvalue weighted by atomic mass is 16.2. The summed E-state index contributed by atoms with van der Waals surface area (Å²) in [4.78, 5) is 24.2. The zero-order valence-corrected chi connectivity index (χ0v) is 15.0. The van der Waals surface area contributed by atoms with Gasteiger partial charge in [0.05, 0.1) is 13.0 Å². The van der Waals surface area contributed by atoms with Gasteiger partial charge in [0.25, 0.3) is 0 Å². The minimum absolute atomic E-state index is 0.0243. The van der Waals surface area contributed by atoms with Crippen LogP contribution in [0.15, 0.2) is 60.7 Å². The molecule has 0 spiro atoms. The lowest BCUT2D eigenvalue weighted by atomic mass is 9.79. The summed E-state index contributed by atoms with van der Waals surface area (Å²) in [6, 6.07) is 20.0. The fourth-order valence-corrected chi connectivity index (χ4v) is 3.76. The second-order valence-corrected chi connectivity index (χ2v) is 7.07. The molecule has 136 valence electrons. The molecule has 1 saturated carbocycles. The second-order valence-electron chi connectivity index (χ2n) is 7.07. The minimum Gasteiger partial charge on any atom is -0.354 e. The van der Waals surface area contributed by atoms with E-state index in [0.29, 0.717) is 13.0 Å². The molecule has 2 aromatic rings. The van der Waals surface area contributed by atoms with E-state index in [2.05, 4.69) is 34.9 Å². The summed E-state index contributed by atoms with van der Waals surface area (Å²) in [6.07, 6.45) is 4.87. The first-order valence-corrected chi connectivity index (χ1v) is 9.31. The Kier molecular flexibility index (Phi) is 6.05. The topological polar surface area (TPSA) is 58.2 Å². The van der Waals surface area contributed by atoms with Gasteiger partial charge in [-0.05, 0) is 24.0 Å². The number of rotatable bonds is 7. The van der Waals surface area contributed by atoms with Gasteiger partial charge in [-0.3, -0.25) is 9.59 Å². The summed E-state index contributed by atoms with van der Waals surface area (Å²) in [5, 5.41) is 5.74. The van der Waals surface area contributed by atoms with E-state index in [1.54, 1.807) is 0 Å². The zero-order chi connectivity index (χ0) is 18.2. The minimum atomic E-state index is -0.134. The van der Waals surface area contributed by atoms with Crippen molar-refractivity contribution in [2.75, 3.05) is 13.1 Å². The van der Waals surface area contributed by atoms with Gasteiger partial charge in [-0.15, -0.1) is 0 Å². The fraction of sp³-hybridized carbons (Fsp3) is 0.364. The Morgan fingerprint density at radius 3 is 2.08 bits per heavy atom. The Bertz CT molecular complexity index is 722. The van der Waals surface area contributed by atoms with Crippen LogP contribution in [0.2, 0.25) is 0 Å². The van der Waals surface area contributed by atoms with Crippen LogP contribution < -0.4 is 10.6 Å². The molecule has 0 bridgehead atoms. The molecule has 4 heteroatoms. The first-order chi connectivity index (χ1) is 12.7. The van der Waals surface area contributed by atoms with Gasteiger partial charge in [0.2, 0.25) is 11.8 Å². The molecule has 0 aliphatic heterocycles. The van der Waals surface area contributed by atoms with E-state index < -0.39 is 0 Å². The highest BCUT2D eigenvalue weighted by molar-refractivity contribution is 5.85. The van der Waals surface area contributed by atoms with E-state index in [-0.39, 0.29) is 23.8 Å². The average molecular weight is 350 g/mol. The molecule has 4 nitrogen and oxygen atoms in total. The maximum atomic E-state index is 12.2. The third kappa shape index (κ3) is 4.72. The van der Waals surface area contributed by atoms with Gasteiger partial charge < -0.3 is 10.6 Å². The number of benzene rings is 2. The van der Waals surface area contributed by atoms with Crippen molar-refractivity contribution in [3.63, 3.8) is 0 Å². The van der Waals surface area contributed by atoms with Crippen molar-refractivity contribution in [3.05, 3.63) is 71.8 Å².